The van der Waals surface area contributed by atoms with Gasteiger partial charge in [-0.25, -0.2) is 5.43 Å². The summed E-state index contributed by atoms with van der Waals surface area (Å²) < 4.78 is 47.3. The Kier molecular flexibility index (Phi) is 9.59. The molecule has 0 spiro atoms. The van der Waals surface area contributed by atoms with Crippen LogP contribution in [0.15, 0.2) is 60.7 Å². The Morgan fingerprint density at radius 1 is 0.806 bits per heavy atom. The Morgan fingerprint density at radius 3 is 1.77 bits per heavy atom. The number of amides is 1. The van der Waals surface area contributed by atoms with Crippen LogP contribution in [0, 0.1) is 0 Å². The number of carbonyl (C=O) groups is 1. The average Bonchev–Trinajstić information content (AvgIpc) is 2.84. The summed E-state index contributed by atoms with van der Waals surface area (Å²) in [6, 6.07) is 17.4. The molecular weight excluding hydrogens is 442 g/mol. The Hall–Kier alpha value is -1.83. The number of rotatable bonds is 12. The third-order valence-electron chi connectivity index (χ3n) is 4.80. The SMILES string of the molecule is COP(=O)(OC)C(CC(c1ccccc1)P(=O)(OC)OC)NNC(=O)c1ccccc1. The number of nitrogens with one attached hydrogen (secondary N) is 2. The molecule has 11 heteroatoms. The summed E-state index contributed by atoms with van der Waals surface area (Å²) >= 11 is 0. The third kappa shape index (κ3) is 6.34. The molecule has 0 fully saturated rings. The van der Waals surface area contributed by atoms with Crippen LogP contribution in [-0.4, -0.2) is 40.1 Å². The normalized spacial score (nSPS) is 14.1. The van der Waals surface area contributed by atoms with Crippen molar-refractivity contribution in [2.24, 2.45) is 0 Å². The van der Waals surface area contributed by atoms with E-state index >= 15 is 0 Å². The summed E-state index contributed by atoms with van der Waals surface area (Å²) in [5.74, 6) is -1.50. The second kappa shape index (κ2) is 11.7. The van der Waals surface area contributed by atoms with E-state index in [4.69, 9.17) is 18.1 Å². The third-order valence-corrected chi connectivity index (χ3v) is 9.21. The van der Waals surface area contributed by atoms with Gasteiger partial charge in [-0.15, -0.1) is 0 Å². The molecule has 31 heavy (non-hydrogen) atoms. The van der Waals surface area contributed by atoms with Crippen molar-refractivity contribution in [3.63, 3.8) is 0 Å². The van der Waals surface area contributed by atoms with E-state index in [1.807, 2.05) is 6.07 Å². The van der Waals surface area contributed by atoms with Crippen molar-refractivity contribution in [2.45, 2.75) is 17.9 Å². The van der Waals surface area contributed by atoms with Crippen LogP contribution >= 0.6 is 15.2 Å². The summed E-state index contributed by atoms with van der Waals surface area (Å²) in [6.07, 6.45) is -0.0446. The highest BCUT2D eigenvalue weighted by molar-refractivity contribution is 7.55. The van der Waals surface area contributed by atoms with Gasteiger partial charge in [-0.1, -0.05) is 48.5 Å². The molecule has 0 aliphatic rings. The molecule has 0 aliphatic heterocycles. The van der Waals surface area contributed by atoms with E-state index in [1.165, 1.54) is 28.4 Å². The van der Waals surface area contributed by atoms with Gasteiger partial charge in [0.05, 0.1) is 5.66 Å². The van der Waals surface area contributed by atoms with Gasteiger partial charge in [-0.05, 0) is 24.1 Å². The highest BCUT2D eigenvalue weighted by Crippen LogP contribution is 2.64. The maximum absolute atomic E-state index is 13.3. The minimum atomic E-state index is -3.76. The van der Waals surface area contributed by atoms with Gasteiger partial charge < -0.3 is 18.1 Å². The molecule has 170 valence electrons. The fourth-order valence-electron chi connectivity index (χ4n) is 3.07. The van der Waals surface area contributed by atoms with Crippen molar-refractivity contribution in [3.05, 3.63) is 71.8 Å². The quantitative estimate of drug-likeness (QED) is 0.348. The topological polar surface area (TPSA) is 112 Å². The smallest absolute Gasteiger partial charge is 0.312 e. The highest BCUT2D eigenvalue weighted by atomic mass is 31.2. The Bertz CT molecular complexity index is 912. The highest BCUT2D eigenvalue weighted by Gasteiger charge is 2.43. The molecule has 0 aromatic heterocycles. The van der Waals surface area contributed by atoms with Crippen molar-refractivity contribution in [2.75, 3.05) is 28.4 Å². The van der Waals surface area contributed by atoms with Crippen molar-refractivity contribution in [3.8, 4) is 0 Å². The maximum Gasteiger partial charge on any atom is 0.348 e. The van der Waals surface area contributed by atoms with Crippen LogP contribution in [0.4, 0.5) is 0 Å². The standard InChI is InChI=1S/C20H28N2O7P2/c1-26-30(24,27-2)18(16-11-7-5-8-12-16)15-19(31(25,28-3)29-4)21-22-20(23)17-13-9-6-10-14-17/h5-14,18-19,21H,15H2,1-4H3,(H,22,23). The molecule has 2 rings (SSSR count). The van der Waals surface area contributed by atoms with Gasteiger partial charge in [0, 0.05) is 34.0 Å². The maximum atomic E-state index is 13.3. The second-order valence-electron chi connectivity index (χ2n) is 6.45. The van der Waals surface area contributed by atoms with Gasteiger partial charge in [-0.2, -0.15) is 0 Å². The van der Waals surface area contributed by atoms with Crippen LogP contribution in [0.2, 0.25) is 0 Å². The Balaban J connectivity index is 2.36. The molecule has 2 N–H and O–H groups in total. The first-order chi connectivity index (χ1) is 14.8. The van der Waals surface area contributed by atoms with Gasteiger partial charge in [0.25, 0.3) is 5.91 Å². The number of hydrazine groups is 1. The van der Waals surface area contributed by atoms with Crippen molar-refractivity contribution in [1.29, 1.82) is 0 Å². The number of carbonyl (C=O) groups excluding carboxylic acids is 1. The number of hydrogen-bond acceptors (Lipinski definition) is 8. The van der Waals surface area contributed by atoms with Crippen molar-refractivity contribution >= 4 is 21.1 Å². The van der Waals surface area contributed by atoms with Crippen LogP contribution in [0.5, 0.6) is 0 Å². The van der Waals surface area contributed by atoms with E-state index < -0.39 is 32.5 Å². The van der Waals surface area contributed by atoms with Crippen LogP contribution in [0.1, 0.15) is 28.0 Å². The number of hydrogen-bond donors (Lipinski definition) is 2. The molecule has 0 bridgehead atoms. The van der Waals surface area contributed by atoms with Crippen LogP contribution < -0.4 is 10.9 Å². The predicted molar refractivity (Wildman–Crippen MR) is 118 cm³/mol. The summed E-state index contributed by atoms with van der Waals surface area (Å²) in [5, 5.41) is 0. The fourth-order valence-corrected chi connectivity index (χ4v) is 6.25. The van der Waals surface area contributed by atoms with Gasteiger partial charge in [0.2, 0.25) is 0 Å². The average molecular weight is 470 g/mol. The van der Waals surface area contributed by atoms with E-state index in [0.29, 0.717) is 11.1 Å². The van der Waals surface area contributed by atoms with Gasteiger partial charge in [0.15, 0.2) is 0 Å². The van der Waals surface area contributed by atoms with E-state index in [1.54, 1.807) is 54.6 Å². The molecule has 2 aromatic rings. The lowest BCUT2D eigenvalue weighted by atomic mass is 10.1. The minimum absolute atomic E-state index is 0.0446. The van der Waals surface area contributed by atoms with E-state index in [9.17, 15) is 13.9 Å². The molecule has 0 heterocycles. The number of benzene rings is 2. The van der Waals surface area contributed by atoms with Gasteiger partial charge >= 0.3 is 15.2 Å². The fraction of sp³-hybridized carbons (Fsp3) is 0.350. The molecule has 0 radical (unpaired) electrons. The Labute approximate surface area is 182 Å². The molecule has 1 amide bonds. The zero-order chi connectivity index (χ0) is 22.9. The molecule has 2 unspecified atom stereocenters. The van der Waals surface area contributed by atoms with E-state index in [-0.39, 0.29) is 6.42 Å². The molecular formula is C20H28N2O7P2. The lowest BCUT2D eigenvalue weighted by molar-refractivity contribution is 0.0927. The lowest BCUT2D eigenvalue weighted by Gasteiger charge is -2.31. The predicted octanol–water partition coefficient (Wildman–Crippen LogP) is 4.35. The lowest BCUT2D eigenvalue weighted by Crippen LogP contribution is -2.45. The largest absolute Gasteiger partial charge is 0.348 e. The zero-order valence-corrected chi connectivity index (χ0v) is 19.7. The summed E-state index contributed by atoms with van der Waals surface area (Å²) in [7, 11) is -2.37. The van der Waals surface area contributed by atoms with E-state index in [0.717, 1.165) is 0 Å². The van der Waals surface area contributed by atoms with Crippen LogP contribution in [0.3, 0.4) is 0 Å². The molecule has 0 aliphatic carbocycles. The zero-order valence-electron chi connectivity index (χ0n) is 17.9. The molecule has 0 saturated heterocycles. The molecule has 2 atom stereocenters. The first-order valence-corrected chi connectivity index (χ1v) is 12.6. The molecule has 2 aromatic carbocycles. The van der Waals surface area contributed by atoms with Gasteiger partial charge in [-0.3, -0.25) is 19.4 Å². The first kappa shape index (κ1) is 25.4. The summed E-state index contributed by atoms with van der Waals surface area (Å²) in [5.41, 5.74) is 5.50. The second-order valence-corrected chi connectivity index (χ2v) is 11.3. The minimum Gasteiger partial charge on any atom is -0.312 e. The first-order valence-electron chi connectivity index (χ1n) is 9.41. The Morgan fingerprint density at radius 2 is 1.29 bits per heavy atom. The molecule has 9 nitrogen and oxygen atoms in total. The summed E-state index contributed by atoms with van der Waals surface area (Å²) in [4.78, 5) is 12.5. The van der Waals surface area contributed by atoms with Gasteiger partial charge in [0.1, 0.15) is 5.78 Å². The van der Waals surface area contributed by atoms with Crippen LogP contribution in [0.25, 0.3) is 0 Å². The monoisotopic (exact) mass is 470 g/mol. The van der Waals surface area contributed by atoms with Crippen molar-refractivity contribution < 1.29 is 32.0 Å². The summed E-state index contributed by atoms with van der Waals surface area (Å²) in [6.45, 7) is 0. The van der Waals surface area contributed by atoms with Crippen LogP contribution in [-0.2, 0) is 27.2 Å². The van der Waals surface area contributed by atoms with E-state index in [2.05, 4.69) is 10.9 Å². The molecule has 0 saturated carbocycles. The van der Waals surface area contributed by atoms with Crippen molar-refractivity contribution in [1.82, 2.24) is 10.9 Å².